The minimum atomic E-state index is 0.698. The quantitative estimate of drug-likeness (QED) is 0.621. The number of nitrogens with one attached hydrogen (secondary N) is 1. The van der Waals surface area contributed by atoms with Crippen molar-refractivity contribution in [3.05, 3.63) is 16.5 Å². The Labute approximate surface area is 111 Å². The van der Waals surface area contributed by atoms with Crippen molar-refractivity contribution in [2.45, 2.75) is 27.2 Å². The highest BCUT2D eigenvalue weighted by molar-refractivity contribution is 9.10. The lowest BCUT2D eigenvalue weighted by molar-refractivity contribution is 0.132. The zero-order valence-electron chi connectivity index (χ0n) is 10.7. The maximum Gasteiger partial charge on any atom is 0.130 e. The summed E-state index contributed by atoms with van der Waals surface area (Å²) in [6.45, 7) is 8.56. The van der Waals surface area contributed by atoms with E-state index in [1.807, 2.05) is 13.0 Å². The number of hydrogen-bond acceptors (Lipinski definition) is 4. The van der Waals surface area contributed by atoms with Gasteiger partial charge < -0.3 is 10.1 Å². The summed E-state index contributed by atoms with van der Waals surface area (Å²) in [5.41, 5.74) is 0. The molecular weight excluding hydrogens is 282 g/mol. The summed E-state index contributed by atoms with van der Waals surface area (Å²) in [6, 6.07) is 1.86. The summed E-state index contributed by atoms with van der Waals surface area (Å²) in [5.74, 6) is 2.28. The minimum Gasteiger partial charge on any atom is -0.380 e. The monoisotopic (exact) mass is 301 g/mol. The lowest BCUT2D eigenvalue weighted by atomic mass is 10.1. The van der Waals surface area contributed by atoms with Gasteiger partial charge >= 0.3 is 0 Å². The number of hydrogen-bond donors (Lipinski definition) is 1. The summed E-state index contributed by atoms with van der Waals surface area (Å²) in [5, 5.41) is 3.21. The van der Waals surface area contributed by atoms with Gasteiger partial charge in [-0.3, -0.25) is 0 Å². The Morgan fingerprint density at radius 2 is 2.12 bits per heavy atom. The number of rotatable bonds is 7. The Kier molecular flexibility index (Phi) is 6.44. The van der Waals surface area contributed by atoms with E-state index >= 15 is 0 Å². The standard InChI is InChI=1S/C12H20BrN3O/c1-9(2)4-6-17-7-5-14-12-8-11(13)15-10(3)16-12/h8-9H,4-7H2,1-3H3,(H,14,15,16). The number of aromatic nitrogens is 2. The molecule has 0 radical (unpaired) electrons. The van der Waals surface area contributed by atoms with E-state index in [-0.39, 0.29) is 0 Å². The zero-order chi connectivity index (χ0) is 12.7. The van der Waals surface area contributed by atoms with Crippen molar-refractivity contribution < 1.29 is 4.74 Å². The number of nitrogens with zero attached hydrogens (tertiary/aromatic N) is 2. The molecule has 0 bridgehead atoms. The molecule has 1 heterocycles. The van der Waals surface area contributed by atoms with Crippen LogP contribution in [0.4, 0.5) is 5.82 Å². The van der Waals surface area contributed by atoms with Gasteiger partial charge in [-0.1, -0.05) is 13.8 Å². The Balaban J connectivity index is 2.18. The van der Waals surface area contributed by atoms with Crippen molar-refractivity contribution in [2.24, 2.45) is 5.92 Å². The molecule has 0 atom stereocenters. The summed E-state index contributed by atoms with van der Waals surface area (Å²) >= 11 is 3.34. The van der Waals surface area contributed by atoms with Gasteiger partial charge in [-0.2, -0.15) is 0 Å². The third-order valence-electron chi connectivity index (χ3n) is 2.20. The van der Waals surface area contributed by atoms with Crippen molar-refractivity contribution in [1.29, 1.82) is 0 Å². The largest absolute Gasteiger partial charge is 0.380 e. The van der Waals surface area contributed by atoms with E-state index in [1.54, 1.807) is 0 Å². The van der Waals surface area contributed by atoms with Crippen LogP contribution in [0.2, 0.25) is 0 Å². The van der Waals surface area contributed by atoms with Crippen LogP contribution in [0.3, 0.4) is 0 Å². The molecule has 0 aromatic carbocycles. The van der Waals surface area contributed by atoms with Gasteiger partial charge in [0.2, 0.25) is 0 Å². The van der Waals surface area contributed by atoms with E-state index < -0.39 is 0 Å². The summed E-state index contributed by atoms with van der Waals surface area (Å²) < 4.78 is 6.31. The van der Waals surface area contributed by atoms with Crippen LogP contribution >= 0.6 is 15.9 Å². The molecule has 0 aliphatic heterocycles. The zero-order valence-corrected chi connectivity index (χ0v) is 12.2. The highest BCUT2D eigenvalue weighted by Crippen LogP contribution is 2.11. The fourth-order valence-corrected chi connectivity index (χ4v) is 1.77. The van der Waals surface area contributed by atoms with Crippen molar-refractivity contribution in [1.82, 2.24) is 9.97 Å². The number of anilines is 1. The van der Waals surface area contributed by atoms with Crippen LogP contribution in [0.5, 0.6) is 0 Å². The molecule has 5 heteroatoms. The van der Waals surface area contributed by atoms with Gasteiger partial charge in [0.15, 0.2) is 0 Å². The molecule has 1 rings (SSSR count). The van der Waals surface area contributed by atoms with Gasteiger partial charge in [0, 0.05) is 19.2 Å². The molecule has 17 heavy (non-hydrogen) atoms. The van der Waals surface area contributed by atoms with Crippen LogP contribution in [0.1, 0.15) is 26.1 Å². The molecule has 0 aliphatic rings. The first-order chi connectivity index (χ1) is 8.08. The maximum atomic E-state index is 5.51. The molecule has 1 aromatic heterocycles. The Bertz CT molecular complexity index is 324. The molecule has 0 fully saturated rings. The van der Waals surface area contributed by atoms with Gasteiger partial charge in [-0.15, -0.1) is 0 Å². The first-order valence-electron chi connectivity index (χ1n) is 5.90. The van der Waals surface area contributed by atoms with Crippen molar-refractivity contribution in [3.63, 3.8) is 0 Å². The normalized spacial score (nSPS) is 10.9. The number of halogens is 1. The highest BCUT2D eigenvalue weighted by Gasteiger charge is 1.99. The molecule has 1 N–H and O–H groups in total. The SMILES string of the molecule is Cc1nc(Br)cc(NCCOCCC(C)C)n1. The van der Waals surface area contributed by atoms with E-state index in [0.29, 0.717) is 12.5 Å². The van der Waals surface area contributed by atoms with Gasteiger partial charge in [-0.05, 0) is 35.2 Å². The van der Waals surface area contributed by atoms with Crippen LogP contribution < -0.4 is 5.32 Å². The van der Waals surface area contributed by atoms with E-state index in [0.717, 1.165) is 35.8 Å². The van der Waals surface area contributed by atoms with E-state index in [1.165, 1.54) is 0 Å². The predicted octanol–water partition coefficient (Wildman–Crippen LogP) is 3.02. The fourth-order valence-electron chi connectivity index (χ4n) is 1.29. The first kappa shape index (κ1) is 14.4. The lowest BCUT2D eigenvalue weighted by Crippen LogP contribution is -2.12. The number of aryl methyl sites for hydroxylation is 1. The average Bonchev–Trinajstić information content (AvgIpc) is 2.21. The highest BCUT2D eigenvalue weighted by atomic mass is 79.9. The van der Waals surface area contributed by atoms with Crippen LogP contribution in [-0.2, 0) is 4.74 Å². The molecular formula is C12H20BrN3O. The number of ether oxygens (including phenoxy) is 1. The van der Waals surface area contributed by atoms with Crippen molar-refractivity contribution >= 4 is 21.7 Å². The first-order valence-corrected chi connectivity index (χ1v) is 6.70. The summed E-state index contributed by atoms with van der Waals surface area (Å²) in [4.78, 5) is 8.42. The van der Waals surface area contributed by atoms with E-state index in [9.17, 15) is 0 Å². The van der Waals surface area contributed by atoms with E-state index in [2.05, 4.69) is 45.1 Å². The molecule has 0 aliphatic carbocycles. The molecule has 4 nitrogen and oxygen atoms in total. The van der Waals surface area contributed by atoms with Crippen LogP contribution in [-0.4, -0.2) is 29.7 Å². The summed E-state index contributed by atoms with van der Waals surface area (Å²) in [7, 11) is 0. The van der Waals surface area contributed by atoms with Crippen molar-refractivity contribution in [3.8, 4) is 0 Å². The molecule has 0 unspecified atom stereocenters. The van der Waals surface area contributed by atoms with Crippen LogP contribution in [0.25, 0.3) is 0 Å². The van der Waals surface area contributed by atoms with Gasteiger partial charge in [-0.25, -0.2) is 9.97 Å². The maximum absolute atomic E-state index is 5.51. The summed E-state index contributed by atoms with van der Waals surface area (Å²) in [6.07, 6.45) is 1.11. The van der Waals surface area contributed by atoms with Gasteiger partial charge in [0.25, 0.3) is 0 Å². The Morgan fingerprint density at radius 3 is 2.76 bits per heavy atom. The molecule has 0 amide bonds. The Morgan fingerprint density at radius 1 is 1.35 bits per heavy atom. The van der Waals surface area contributed by atoms with Crippen LogP contribution in [0.15, 0.2) is 10.7 Å². The third-order valence-corrected chi connectivity index (χ3v) is 2.60. The lowest BCUT2D eigenvalue weighted by Gasteiger charge is -2.08. The smallest absolute Gasteiger partial charge is 0.130 e. The second-order valence-electron chi connectivity index (χ2n) is 4.34. The molecule has 96 valence electrons. The average molecular weight is 302 g/mol. The topological polar surface area (TPSA) is 47.0 Å². The second-order valence-corrected chi connectivity index (χ2v) is 5.16. The second kappa shape index (κ2) is 7.61. The minimum absolute atomic E-state index is 0.698. The molecule has 0 spiro atoms. The molecule has 1 aromatic rings. The van der Waals surface area contributed by atoms with Crippen molar-refractivity contribution in [2.75, 3.05) is 25.1 Å². The molecule has 0 saturated heterocycles. The van der Waals surface area contributed by atoms with Gasteiger partial charge in [0.1, 0.15) is 16.2 Å². The fraction of sp³-hybridized carbons (Fsp3) is 0.667. The third kappa shape index (κ3) is 6.58. The van der Waals surface area contributed by atoms with Crippen LogP contribution in [0, 0.1) is 12.8 Å². The predicted molar refractivity (Wildman–Crippen MR) is 73.2 cm³/mol. The molecule has 0 saturated carbocycles. The van der Waals surface area contributed by atoms with E-state index in [4.69, 9.17) is 4.74 Å². The Hall–Kier alpha value is -0.680. The van der Waals surface area contributed by atoms with Gasteiger partial charge in [0.05, 0.1) is 6.61 Å².